The zero-order valence-corrected chi connectivity index (χ0v) is 10.3. The number of hydrogen-bond acceptors (Lipinski definition) is 3. The lowest BCUT2D eigenvalue weighted by molar-refractivity contribution is 0.0202. The summed E-state index contributed by atoms with van der Waals surface area (Å²) in [7, 11) is 0. The van der Waals surface area contributed by atoms with Crippen LogP contribution < -0.4 is 0 Å². The summed E-state index contributed by atoms with van der Waals surface area (Å²) in [5.74, 6) is -0.370. The highest BCUT2D eigenvalue weighted by Gasteiger charge is 2.46. The Morgan fingerprint density at radius 2 is 2.19 bits per heavy atom. The van der Waals surface area contributed by atoms with Gasteiger partial charge in [0.25, 0.3) is 0 Å². The maximum Gasteiger partial charge on any atom is 0.410 e. The highest BCUT2D eigenvalue weighted by molar-refractivity contribution is 5.68. The van der Waals surface area contributed by atoms with Gasteiger partial charge in [-0.3, -0.25) is 0 Å². The SMILES string of the molecule is CC1CN(C(=O)OC(C)(C)C)C[C@]1(F)CO. The third-order valence-electron chi connectivity index (χ3n) is 2.75. The second-order valence-electron chi connectivity index (χ2n) is 5.45. The second-order valence-corrected chi connectivity index (χ2v) is 5.45. The number of carbonyl (C=O) groups excluding carboxylic acids is 1. The van der Waals surface area contributed by atoms with E-state index < -0.39 is 24.0 Å². The number of aliphatic hydroxyl groups excluding tert-OH is 1. The normalized spacial score (nSPS) is 30.6. The minimum Gasteiger partial charge on any atom is -0.444 e. The first-order chi connectivity index (χ1) is 7.18. The van der Waals surface area contributed by atoms with Crippen LogP contribution in [0.1, 0.15) is 27.7 Å². The molecule has 0 spiro atoms. The van der Waals surface area contributed by atoms with Crippen LogP contribution >= 0.6 is 0 Å². The quantitative estimate of drug-likeness (QED) is 0.748. The smallest absolute Gasteiger partial charge is 0.410 e. The predicted octanol–water partition coefficient (Wildman–Crippen LogP) is 1.57. The number of carbonyl (C=O) groups is 1. The number of halogens is 1. The van der Waals surface area contributed by atoms with Gasteiger partial charge in [-0.05, 0) is 20.8 Å². The largest absolute Gasteiger partial charge is 0.444 e. The fourth-order valence-electron chi connectivity index (χ4n) is 1.70. The summed E-state index contributed by atoms with van der Waals surface area (Å²) in [6, 6.07) is 0. The Labute approximate surface area is 95.4 Å². The Balaban J connectivity index is 2.62. The molecule has 94 valence electrons. The standard InChI is InChI=1S/C11H20FNO3/c1-8-5-13(6-11(8,12)7-14)9(15)16-10(2,3)4/h8,14H,5-7H2,1-4H3/t8?,11-/m0/s1. The van der Waals surface area contributed by atoms with E-state index in [0.29, 0.717) is 0 Å². The van der Waals surface area contributed by atoms with Crippen molar-refractivity contribution in [2.45, 2.75) is 39.0 Å². The van der Waals surface area contributed by atoms with Gasteiger partial charge >= 0.3 is 6.09 Å². The maximum atomic E-state index is 14.0. The number of nitrogens with zero attached hydrogens (tertiary/aromatic N) is 1. The lowest BCUT2D eigenvalue weighted by Crippen LogP contribution is -2.39. The van der Waals surface area contributed by atoms with Crippen molar-refractivity contribution in [2.75, 3.05) is 19.7 Å². The van der Waals surface area contributed by atoms with Crippen molar-refractivity contribution in [1.29, 1.82) is 0 Å². The van der Waals surface area contributed by atoms with Crippen LogP contribution in [0.3, 0.4) is 0 Å². The predicted molar refractivity (Wildman–Crippen MR) is 57.9 cm³/mol. The molecule has 0 aliphatic carbocycles. The number of hydrogen-bond donors (Lipinski definition) is 1. The van der Waals surface area contributed by atoms with Crippen LogP contribution in [0.2, 0.25) is 0 Å². The minimum absolute atomic E-state index is 0.0976. The van der Waals surface area contributed by atoms with Gasteiger partial charge in [-0.25, -0.2) is 9.18 Å². The summed E-state index contributed by atoms with van der Waals surface area (Å²) < 4.78 is 19.1. The average molecular weight is 233 g/mol. The average Bonchev–Trinajstić information content (AvgIpc) is 2.41. The molecule has 1 aliphatic rings. The van der Waals surface area contributed by atoms with E-state index in [1.165, 1.54) is 4.90 Å². The van der Waals surface area contributed by atoms with Crippen molar-refractivity contribution in [3.8, 4) is 0 Å². The molecule has 1 fully saturated rings. The van der Waals surface area contributed by atoms with Crippen molar-refractivity contribution >= 4 is 6.09 Å². The molecule has 1 N–H and O–H groups in total. The molecule has 2 atom stereocenters. The Kier molecular flexibility index (Phi) is 3.47. The topological polar surface area (TPSA) is 49.8 Å². The molecule has 0 saturated carbocycles. The number of alkyl halides is 1. The molecule has 1 rings (SSSR count). The Bertz CT molecular complexity index is 277. The van der Waals surface area contributed by atoms with Crippen molar-refractivity contribution < 1.29 is 19.0 Å². The molecular formula is C11H20FNO3. The molecule has 0 radical (unpaired) electrons. The number of aliphatic hydroxyl groups is 1. The Hall–Kier alpha value is -0.840. The molecule has 1 heterocycles. The third kappa shape index (κ3) is 2.84. The summed E-state index contributed by atoms with van der Waals surface area (Å²) in [5, 5.41) is 8.97. The molecule has 1 aliphatic heterocycles. The van der Waals surface area contributed by atoms with E-state index in [-0.39, 0.29) is 19.0 Å². The molecule has 1 saturated heterocycles. The molecule has 0 bridgehead atoms. The van der Waals surface area contributed by atoms with Gasteiger partial charge in [0, 0.05) is 12.5 Å². The second kappa shape index (κ2) is 4.20. The van der Waals surface area contributed by atoms with E-state index in [4.69, 9.17) is 9.84 Å². The van der Waals surface area contributed by atoms with Crippen molar-refractivity contribution in [2.24, 2.45) is 5.92 Å². The number of ether oxygens (including phenoxy) is 1. The van der Waals surface area contributed by atoms with Crippen LogP contribution in [0.25, 0.3) is 0 Å². The fraction of sp³-hybridized carbons (Fsp3) is 0.909. The lowest BCUT2D eigenvalue weighted by Gasteiger charge is -2.25. The van der Waals surface area contributed by atoms with Gasteiger partial charge in [-0.2, -0.15) is 0 Å². The van der Waals surface area contributed by atoms with E-state index >= 15 is 0 Å². The van der Waals surface area contributed by atoms with Crippen LogP contribution in [0.15, 0.2) is 0 Å². The maximum absolute atomic E-state index is 14.0. The fourth-order valence-corrected chi connectivity index (χ4v) is 1.70. The van der Waals surface area contributed by atoms with Crippen LogP contribution in [0, 0.1) is 5.92 Å². The molecule has 1 unspecified atom stereocenters. The molecule has 0 aromatic carbocycles. The molecule has 5 heteroatoms. The van der Waals surface area contributed by atoms with Gasteiger partial charge in [-0.15, -0.1) is 0 Å². The first-order valence-corrected chi connectivity index (χ1v) is 5.46. The van der Waals surface area contributed by atoms with Crippen molar-refractivity contribution in [3.63, 3.8) is 0 Å². The zero-order valence-electron chi connectivity index (χ0n) is 10.3. The molecule has 1 amide bonds. The summed E-state index contributed by atoms with van der Waals surface area (Å²) in [4.78, 5) is 13.0. The monoisotopic (exact) mass is 233 g/mol. The molecule has 4 nitrogen and oxygen atoms in total. The molecular weight excluding hydrogens is 213 g/mol. The van der Waals surface area contributed by atoms with Crippen LogP contribution in [-0.2, 0) is 4.74 Å². The first kappa shape index (κ1) is 13.2. The number of amides is 1. The highest BCUT2D eigenvalue weighted by atomic mass is 19.1. The summed E-state index contributed by atoms with van der Waals surface area (Å²) >= 11 is 0. The van der Waals surface area contributed by atoms with E-state index in [1.54, 1.807) is 27.7 Å². The summed E-state index contributed by atoms with van der Waals surface area (Å²) in [6.45, 7) is 6.59. The Morgan fingerprint density at radius 1 is 1.62 bits per heavy atom. The Morgan fingerprint density at radius 3 is 2.56 bits per heavy atom. The van der Waals surface area contributed by atoms with Crippen molar-refractivity contribution in [3.05, 3.63) is 0 Å². The van der Waals surface area contributed by atoms with Crippen LogP contribution in [-0.4, -0.2) is 47.1 Å². The van der Waals surface area contributed by atoms with E-state index in [9.17, 15) is 9.18 Å². The third-order valence-corrected chi connectivity index (χ3v) is 2.75. The zero-order chi connectivity index (χ0) is 12.6. The minimum atomic E-state index is -1.70. The van der Waals surface area contributed by atoms with E-state index in [2.05, 4.69) is 0 Å². The van der Waals surface area contributed by atoms with Crippen LogP contribution in [0.5, 0.6) is 0 Å². The van der Waals surface area contributed by atoms with Gasteiger partial charge < -0.3 is 14.7 Å². The molecule has 0 aromatic rings. The first-order valence-electron chi connectivity index (χ1n) is 5.46. The van der Waals surface area contributed by atoms with Gasteiger partial charge in [-0.1, -0.05) is 6.92 Å². The number of likely N-dealkylation sites (tertiary alicyclic amines) is 1. The van der Waals surface area contributed by atoms with Gasteiger partial charge in [0.2, 0.25) is 0 Å². The van der Waals surface area contributed by atoms with E-state index in [0.717, 1.165) is 0 Å². The van der Waals surface area contributed by atoms with Gasteiger partial charge in [0.05, 0.1) is 13.2 Å². The summed E-state index contributed by atoms with van der Waals surface area (Å²) in [6.07, 6.45) is -0.521. The molecule has 0 aromatic heterocycles. The van der Waals surface area contributed by atoms with E-state index in [1.807, 2.05) is 0 Å². The number of rotatable bonds is 1. The molecule has 16 heavy (non-hydrogen) atoms. The van der Waals surface area contributed by atoms with Gasteiger partial charge in [0.15, 0.2) is 5.67 Å². The van der Waals surface area contributed by atoms with Gasteiger partial charge in [0.1, 0.15) is 5.60 Å². The van der Waals surface area contributed by atoms with Crippen LogP contribution in [0.4, 0.5) is 9.18 Å². The van der Waals surface area contributed by atoms with Crippen molar-refractivity contribution in [1.82, 2.24) is 4.90 Å². The summed E-state index contributed by atoms with van der Waals surface area (Å²) in [5.41, 5.74) is -2.28. The highest BCUT2D eigenvalue weighted by Crippen LogP contribution is 2.31. The lowest BCUT2D eigenvalue weighted by atomic mass is 9.96.